The van der Waals surface area contributed by atoms with Gasteiger partial charge in [0.2, 0.25) is 0 Å². The molecule has 1 N–H and O–H groups in total. The molecule has 1 aromatic carbocycles. The van der Waals surface area contributed by atoms with Crippen molar-refractivity contribution in [3.8, 4) is 0 Å². The van der Waals surface area contributed by atoms with Crippen LogP contribution in [0.15, 0.2) is 29.4 Å². The van der Waals surface area contributed by atoms with E-state index in [0.717, 1.165) is 15.8 Å². The third-order valence-electron chi connectivity index (χ3n) is 4.24. The average Bonchev–Trinajstić information content (AvgIpc) is 2.53. The molecule has 124 valence electrons. The SMILES string of the molecule is CSc1ccc2ncnc(N3CCC(O)(C(F)(F)F)CC3)c2c1. The van der Waals surface area contributed by atoms with E-state index in [9.17, 15) is 18.3 Å². The van der Waals surface area contributed by atoms with Crippen LogP contribution in [0.4, 0.5) is 19.0 Å². The molecule has 0 atom stereocenters. The monoisotopic (exact) mass is 343 g/mol. The summed E-state index contributed by atoms with van der Waals surface area (Å²) in [7, 11) is 0. The van der Waals surface area contributed by atoms with Crippen LogP contribution in [0.3, 0.4) is 0 Å². The number of hydrogen-bond acceptors (Lipinski definition) is 5. The third kappa shape index (κ3) is 2.97. The lowest BCUT2D eigenvalue weighted by Crippen LogP contribution is -2.53. The molecule has 4 nitrogen and oxygen atoms in total. The van der Waals surface area contributed by atoms with Crippen molar-refractivity contribution in [1.29, 1.82) is 0 Å². The lowest BCUT2D eigenvalue weighted by atomic mass is 9.90. The highest BCUT2D eigenvalue weighted by Gasteiger charge is 2.54. The molecule has 0 radical (unpaired) electrons. The molecule has 0 saturated carbocycles. The maximum Gasteiger partial charge on any atom is 0.417 e. The van der Waals surface area contributed by atoms with E-state index in [1.807, 2.05) is 24.5 Å². The van der Waals surface area contributed by atoms with Crippen LogP contribution in [0.5, 0.6) is 0 Å². The zero-order valence-corrected chi connectivity index (χ0v) is 13.3. The first-order chi connectivity index (χ1) is 10.8. The number of aliphatic hydroxyl groups is 1. The molecule has 0 spiro atoms. The molecule has 1 fully saturated rings. The summed E-state index contributed by atoms with van der Waals surface area (Å²) in [6.07, 6.45) is -1.94. The molecule has 0 bridgehead atoms. The molecule has 1 aliphatic rings. The first-order valence-electron chi connectivity index (χ1n) is 7.17. The van der Waals surface area contributed by atoms with Crippen LogP contribution in [0.25, 0.3) is 10.9 Å². The summed E-state index contributed by atoms with van der Waals surface area (Å²) in [5, 5.41) is 10.6. The van der Waals surface area contributed by atoms with E-state index in [-0.39, 0.29) is 25.9 Å². The number of halogens is 3. The van der Waals surface area contributed by atoms with Crippen LogP contribution in [-0.2, 0) is 0 Å². The number of fused-ring (bicyclic) bond motifs is 1. The summed E-state index contributed by atoms with van der Waals surface area (Å²) in [6, 6.07) is 5.77. The van der Waals surface area contributed by atoms with Crippen LogP contribution >= 0.6 is 11.8 Å². The number of anilines is 1. The minimum Gasteiger partial charge on any atom is -0.380 e. The lowest BCUT2D eigenvalue weighted by molar-refractivity contribution is -0.266. The predicted molar refractivity (Wildman–Crippen MR) is 83.8 cm³/mol. The number of rotatable bonds is 2. The summed E-state index contributed by atoms with van der Waals surface area (Å²) in [6.45, 7) is 0.206. The zero-order valence-electron chi connectivity index (χ0n) is 12.5. The number of piperidine rings is 1. The van der Waals surface area contributed by atoms with E-state index in [1.165, 1.54) is 6.33 Å². The Hall–Kier alpha value is -1.54. The van der Waals surface area contributed by atoms with Crippen molar-refractivity contribution < 1.29 is 18.3 Å². The number of thioether (sulfide) groups is 1. The summed E-state index contributed by atoms with van der Waals surface area (Å²) in [5.74, 6) is 0.620. The number of alkyl halides is 3. The fraction of sp³-hybridized carbons (Fsp3) is 0.467. The Bertz CT molecular complexity index is 715. The van der Waals surface area contributed by atoms with E-state index < -0.39 is 11.8 Å². The van der Waals surface area contributed by atoms with Crippen molar-refractivity contribution in [2.24, 2.45) is 0 Å². The molecule has 1 aromatic heterocycles. The van der Waals surface area contributed by atoms with E-state index in [1.54, 1.807) is 16.7 Å². The fourth-order valence-electron chi connectivity index (χ4n) is 2.77. The van der Waals surface area contributed by atoms with Crippen molar-refractivity contribution in [3.63, 3.8) is 0 Å². The van der Waals surface area contributed by atoms with Gasteiger partial charge in [-0.15, -0.1) is 11.8 Å². The van der Waals surface area contributed by atoms with Crippen LogP contribution in [-0.4, -0.2) is 46.2 Å². The second-order valence-corrected chi connectivity index (χ2v) is 6.48. The van der Waals surface area contributed by atoms with Gasteiger partial charge < -0.3 is 10.0 Å². The van der Waals surface area contributed by atoms with Gasteiger partial charge in [-0.3, -0.25) is 0 Å². The smallest absolute Gasteiger partial charge is 0.380 e. The normalized spacial score (nSPS) is 18.4. The second kappa shape index (κ2) is 5.83. The Morgan fingerprint density at radius 2 is 1.91 bits per heavy atom. The summed E-state index contributed by atoms with van der Waals surface area (Å²) < 4.78 is 38.7. The first kappa shape index (κ1) is 16.3. The molecule has 2 aromatic rings. The third-order valence-corrected chi connectivity index (χ3v) is 4.96. The molecule has 0 unspecified atom stereocenters. The Balaban J connectivity index is 1.90. The first-order valence-corrected chi connectivity index (χ1v) is 8.39. The standard InChI is InChI=1S/C15H16F3N3OS/c1-23-10-2-3-12-11(8-10)13(20-9-19-12)21-6-4-14(22,5-7-21)15(16,17)18/h2-3,8-9,22H,4-7H2,1H3. The molecule has 2 heterocycles. The Morgan fingerprint density at radius 1 is 1.22 bits per heavy atom. The number of hydrogen-bond donors (Lipinski definition) is 1. The molecular weight excluding hydrogens is 327 g/mol. The van der Waals surface area contributed by atoms with Gasteiger partial charge in [-0.05, 0) is 24.5 Å². The number of benzene rings is 1. The Labute approximate surface area is 135 Å². The van der Waals surface area contributed by atoms with E-state index in [4.69, 9.17) is 0 Å². The molecule has 8 heteroatoms. The Kier molecular flexibility index (Phi) is 4.14. The topological polar surface area (TPSA) is 49.2 Å². The van der Waals surface area contributed by atoms with Gasteiger partial charge in [0.05, 0.1) is 5.52 Å². The van der Waals surface area contributed by atoms with Gasteiger partial charge >= 0.3 is 6.18 Å². The molecule has 0 aliphatic carbocycles. The summed E-state index contributed by atoms with van der Waals surface area (Å²) in [5.41, 5.74) is -1.85. The molecule has 3 rings (SSSR count). The Morgan fingerprint density at radius 3 is 2.52 bits per heavy atom. The fourth-order valence-corrected chi connectivity index (χ4v) is 3.21. The van der Waals surface area contributed by atoms with Crippen molar-refractivity contribution in [1.82, 2.24) is 9.97 Å². The van der Waals surface area contributed by atoms with Gasteiger partial charge in [-0.25, -0.2) is 9.97 Å². The quantitative estimate of drug-likeness (QED) is 0.849. The van der Waals surface area contributed by atoms with Gasteiger partial charge in [-0.1, -0.05) is 0 Å². The van der Waals surface area contributed by atoms with Crippen LogP contribution in [0.1, 0.15) is 12.8 Å². The maximum atomic E-state index is 12.9. The van der Waals surface area contributed by atoms with Crippen molar-refractivity contribution in [2.75, 3.05) is 24.2 Å². The number of nitrogens with zero attached hydrogens (tertiary/aromatic N) is 3. The van der Waals surface area contributed by atoms with E-state index in [0.29, 0.717) is 5.82 Å². The highest BCUT2D eigenvalue weighted by molar-refractivity contribution is 7.98. The average molecular weight is 343 g/mol. The van der Waals surface area contributed by atoms with Gasteiger partial charge in [0.1, 0.15) is 12.1 Å². The predicted octanol–water partition coefficient (Wildman–Crippen LogP) is 3.25. The zero-order chi connectivity index (χ0) is 16.7. The summed E-state index contributed by atoms with van der Waals surface area (Å²) >= 11 is 1.58. The van der Waals surface area contributed by atoms with Gasteiger partial charge in [0.15, 0.2) is 5.60 Å². The molecule has 0 amide bonds. The molecule has 23 heavy (non-hydrogen) atoms. The van der Waals surface area contributed by atoms with Gasteiger partial charge in [-0.2, -0.15) is 13.2 Å². The van der Waals surface area contributed by atoms with Gasteiger partial charge in [0.25, 0.3) is 0 Å². The highest BCUT2D eigenvalue weighted by atomic mass is 32.2. The van der Waals surface area contributed by atoms with Crippen LogP contribution < -0.4 is 4.90 Å². The summed E-state index contributed by atoms with van der Waals surface area (Å²) in [4.78, 5) is 11.3. The minimum absolute atomic E-state index is 0.103. The maximum absolute atomic E-state index is 12.9. The number of aromatic nitrogens is 2. The highest BCUT2D eigenvalue weighted by Crippen LogP contribution is 2.39. The van der Waals surface area contributed by atoms with Gasteiger partial charge in [0, 0.05) is 36.2 Å². The van der Waals surface area contributed by atoms with Crippen molar-refractivity contribution in [3.05, 3.63) is 24.5 Å². The van der Waals surface area contributed by atoms with Crippen LogP contribution in [0.2, 0.25) is 0 Å². The van der Waals surface area contributed by atoms with E-state index in [2.05, 4.69) is 9.97 Å². The van der Waals surface area contributed by atoms with Crippen molar-refractivity contribution in [2.45, 2.75) is 29.5 Å². The van der Waals surface area contributed by atoms with E-state index >= 15 is 0 Å². The molecule has 1 saturated heterocycles. The molecular formula is C15H16F3N3OS. The van der Waals surface area contributed by atoms with Crippen LogP contribution in [0, 0.1) is 0 Å². The van der Waals surface area contributed by atoms with Crippen molar-refractivity contribution >= 4 is 28.5 Å². The minimum atomic E-state index is -4.60. The largest absolute Gasteiger partial charge is 0.417 e. The second-order valence-electron chi connectivity index (χ2n) is 5.60. The lowest BCUT2D eigenvalue weighted by Gasteiger charge is -2.39. The molecule has 1 aliphatic heterocycles.